The lowest BCUT2D eigenvalue weighted by molar-refractivity contribution is -0.111. The molecule has 2 aromatic carbocycles. The van der Waals surface area contributed by atoms with Crippen molar-refractivity contribution in [2.75, 3.05) is 7.11 Å². The third-order valence-corrected chi connectivity index (χ3v) is 4.23. The highest BCUT2D eigenvalue weighted by atomic mass is 16.5. The molecule has 2 aromatic rings. The van der Waals surface area contributed by atoms with E-state index in [1.54, 1.807) is 7.11 Å². The SMILES string of the molecule is COc1ccc([C@@](C)(Cc2ccccc2)C[C@@H](C)C=O)cc1. The van der Waals surface area contributed by atoms with Gasteiger partial charge in [-0.2, -0.15) is 0 Å². The van der Waals surface area contributed by atoms with Gasteiger partial charge in [-0.25, -0.2) is 0 Å². The molecular formula is C20H24O2. The van der Waals surface area contributed by atoms with E-state index in [-0.39, 0.29) is 11.3 Å². The lowest BCUT2D eigenvalue weighted by Crippen LogP contribution is -2.28. The fourth-order valence-electron chi connectivity index (χ4n) is 3.09. The van der Waals surface area contributed by atoms with Crippen molar-refractivity contribution < 1.29 is 9.53 Å². The highest BCUT2D eigenvalue weighted by molar-refractivity contribution is 5.53. The quantitative estimate of drug-likeness (QED) is 0.707. The first-order valence-corrected chi connectivity index (χ1v) is 7.71. The first-order chi connectivity index (χ1) is 10.6. The summed E-state index contributed by atoms with van der Waals surface area (Å²) in [5.74, 6) is 0.894. The molecule has 0 unspecified atom stereocenters. The number of rotatable bonds is 7. The van der Waals surface area contributed by atoms with Crippen molar-refractivity contribution in [2.45, 2.75) is 32.1 Å². The van der Waals surface area contributed by atoms with Crippen LogP contribution in [0.3, 0.4) is 0 Å². The Hall–Kier alpha value is -2.09. The number of carbonyl (C=O) groups excluding carboxylic acids is 1. The van der Waals surface area contributed by atoms with E-state index < -0.39 is 0 Å². The van der Waals surface area contributed by atoms with Crippen LogP contribution >= 0.6 is 0 Å². The van der Waals surface area contributed by atoms with Crippen molar-refractivity contribution >= 4 is 6.29 Å². The Morgan fingerprint density at radius 2 is 1.73 bits per heavy atom. The van der Waals surface area contributed by atoms with E-state index in [0.717, 1.165) is 24.9 Å². The van der Waals surface area contributed by atoms with Crippen molar-refractivity contribution in [3.8, 4) is 5.75 Å². The van der Waals surface area contributed by atoms with Gasteiger partial charge < -0.3 is 9.53 Å². The molecule has 0 bridgehead atoms. The molecule has 116 valence electrons. The highest BCUT2D eigenvalue weighted by Crippen LogP contribution is 2.35. The fraction of sp³-hybridized carbons (Fsp3) is 0.350. The Bertz CT molecular complexity index is 589. The first-order valence-electron chi connectivity index (χ1n) is 7.71. The van der Waals surface area contributed by atoms with Crippen molar-refractivity contribution in [1.82, 2.24) is 0 Å². The van der Waals surface area contributed by atoms with Crippen molar-refractivity contribution in [3.63, 3.8) is 0 Å². The molecule has 2 heteroatoms. The maximum atomic E-state index is 11.1. The van der Waals surface area contributed by atoms with Crippen LogP contribution in [-0.4, -0.2) is 13.4 Å². The highest BCUT2D eigenvalue weighted by Gasteiger charge is 2.29. The molecule has 0 N–H and O–H groups in total. The van der Waals surface area contributed by atoms with Gasteiger partial charge in [-0.05, 0) is 41.5 Å². The van der Waals surface area contributed by atoms with Crippen LogP contribution in [0.25, 0.3) is 0 Å². The molecule has 0 saturated carbocycles. The second kappa shape index (κ2) is 7.26. The zero-order valence-corrected chi connectivity index (χ0v) is 13.6. The smallest absolute Gasteiger partial charge is 0.122 e. The number of carbonyl (C=O) groups is 1. The zero-order chi connectivity index (χ0) is 16.0. The van der Waals surface area contributed by atoms with E-state index in [9.17, 15) is 4.79 Å². The predicted octanol–water partition coefficient (Wildman–Crippen LogP) is 4.42. The standard InChI is InChI=1S/C20H24O2/c1-16(15-21)13-20(2,14-17-7-5-4-6-8-17)18-9-11-19(22-3)12-10-18/h4-12,15-16H,13-14H2,1-3H3/t16-,20-/m1/s1. The second-order valence-corrected chi connectivity index (χ2v) is 6.27. The number of benzene rings is 2. The summed E-state index contributed by atoms with van der Waals surface area (Å²) < 4.78 is 5.25. The van der Waals surface area contributed by atoms with Crippen molar-refractivity contribution in [1.29, 1.82) is 0 Å². The average molecular weight is 296 g/mol. The third-order valence-electron chi connectivity index (χ3n) is 4.23. The Morgan fingerprint density at radius 1 is 1.09 bits per heavy atom. The zero-order valence-electron chi connectivity index (χ0n) is 13.6. The van der Waals surface area contributed by atoms with Crippen LogP contribution in [-0.2, 0) is 16.6 Å². The molecule has 0 aliphatic rings. The Morgan fingerprint density at radius 3 is 2.27 bits per heavy atom. The summed E-state index contributed by atoms with van der Waals surface area (Å²) in [4.78, 5) is 11.1. The third kappa shape index (κ3) is 3.97. The minimum Gasteiger partial charge on any atom is -0.497 e. The summed E-state index contributed by atoms with van der Waals surface area (Å²) in [6, 6.07) is 18.6. The molecule has 0 aromatic heterocycles. The van der Waals surface area contributed by atoms with Gasteiger partial charge in [-0.15, -0.1) is 0 Å². The average Bonchev–Trinajstić information content (AvgIpc) is 2.55. The maximum Gasteiger partial charge on any atom is 0.122 e. The van der Waals surface area contributed by atoms with Gasteiger partial charge >= 0.3 is 0 Å². The van der Waals surface area contributed by atoms with Crippen LogP contribution in [0, 0.1) is 5.92 Å². The molecule has 0 radical (unpaired) electrons. The van der Waals surface area contributed by atoms with E-state index >= 15 is 0 Å². The molecule has 0 fully saturated rings. The van der Waals surface area contributed by atoms with Crippen LogP contribution in [0.2, 0.25) is 0 Å². The van der Waals surface area contributed by atoms with Crippen LogP contribution in [0.5, 0.6) is 5.75 Å². The maximum absolute atomic E-state index is 11.1. The topological polar surface area (TPSA) is 26.3 Å². The van der Waals surface area contributed by atoms with Crippen LogP contribution in [0.15, 0.2) is 54.6 Å². The minimum absolute atomic E-state index is 0.0378. The van der Waals surface area contributed by atoms with Gasteiger partial charge in [0.15, 0.2) is 0 Å². The summed E-state index contributed by atoms with van der Waals surface area (Å²) in [5.41, 5.74) is 2.46. The molecule has 0 heterocycles. The molecule has 2 atom stereocenters. The van der Waals surface area contributed by atoms with Gasteiger partial charge in [0, 0.05) is 5.92 Å². The lowest BCUT2D eigenvalue weighted by Gasteiger charge is -2.32. The van der Waals surface area contributed by atoms with Crippen LogP contribution < -0.4 is 4.74 Å². The van der Waals surface area contributed by atoms with E-state index in [1.807, 2.05) is 25.1 Å². The summed E-state index contributed by atoms with van der Waals surface area (Å²) in [6.07, 6.45) is 2.79. The van der Waals surface area contributed by atoms with E-state index in [0.29, 0.717) is 0 Å². The van der Waals surface area contributed by atoms with E-state index in [2.05, 4.69) is 43.3 Å². The predicted molar refractivity (Wildman–Crippen MR) is 90.3 cm³/mol. The molecule has 0 aliphatic heterocycles. The number of hydrogen-bond acceptors (Lipinski definition) is 2. The van der Waals surface area contributed by atoms with Gasteiger partial charge in [0.2, 0.25) is 0 Å². The Balaban J connectivity index is 2.33. The van der Waals surface area contributed by atoms with Gasteiger partial charge in [0.1, 0.15) is 12.0 Å². The van der Waals surface area contributed by atoms with Crippen LogP contribution in [0.1, 0.15) is 31.4 Å². The van der Waals surface area contributed by atoms with Crippen LogP contribution in [0.4, 0.5) is 0 Å². The molecular weight excluding hydrogens is 272 g/mol. The number of aldehydes is 1. The van der Waals surface area contributed by atoms with Gasteiger partial charge in [-0.3, -0.25) is 0 Å². The second-order valence-electron chi connectivity index (χ2n) is 6.27. The minimum atomic E-state index is -0.0754. The Kier molecular flexibility index (Phi) is 5.37. The van der Waals surface area contributed by atoms with E-state index in [1.165, 1.54) is 11.1 Å². The number of methoxy groups -OCH3 is 1. The largest absolute Gasteiger partial charge is 0.497 e. The lowest BCUT2D eigenvalue weighted by atomic mass is 9.72. The first kappa shape index (κ1) is 16.3. The summed E-state index contributed by atoms with van der Waals surface area (Å²) >= 11 is 0. The normalized spacial score (nSPS) is 14.9. The molecule has 0 amide bonds. The number of hydrogen-bond donors (Lipinski definition) is 0. The summed E-state index contributed by atoms with van der Waals surface area (Å²) in [7, 11) is 1.67. The van der Waals surface area contributed by atoms with Crippen molar-refractivity contribution in [3.05, 3.63) is 65.7 Å². The van der Waals surface area contributed by atoms with Gasteiger partial charge in [-0.1, -0.05) is 56.3 Å². The summed E-state index contributed by atoms with van der Waals surface area (Å²) in [5, 5.41) is 0. The molecule has 0 spiro atoms. The fourth-order valence-corrected chi connectivity index (χ4v) is 3.09. The van der Waals surface area contributed by atoms with E-state index in [4.69, 9.17) is 4.74 Å². The monoisotopic (exact) mass is 296 g/mol. The van der Waals surface area contributed by atoms with Gasteiger partial charge in [0.05, 0.1) is 7.11 Å². The molecule has 2 rings (SSSR count). The Labute approximate surface area is 133 Å². The molecule has 22 heavy (non-hydrogen) atoms. The molecule has 0 aliphatic carbocycles. The molecule has 0 saturated heterocycles. The number of ether oxygens (including phenoxy) is 1. The van der Waals surface area contributed by atoms with Crippen molar-refractivity contribution in [2.24, 2.45) is 5.92 Å². The summed E-state index contributed by atoms with van der Waals surface area (Å²) in [6.45, 7) is 4.22. The molecule has 2 nitrogen and oxygen atoms in total. The van der Waals surface area contributed by atoms with Gasteiger partial charge in [0.25, 0.3) is 0 Å².